The highest BCUT2D eigenvalue weighted by atomic mass is 16.5. The molecule has 0 spiro atoms. The van der Waals surface area contributed by atoms with Crippen molar-refractivity contribution in [3.05, 3.63) is 30.0 Å². The van der Waals surface area contributed by atoms with Crippen molar-refractivity contribution in [1.82, 2.24) is 20.9 Å². The minimum absolute atomic E-state index is 0.137. The number of hydrogen-bond acceptors (Lipinski definition) is 6. The normalized spacial score (nSPS) is 18.8. The fourth-order valence-electron chi connectivity index (χ4n) is 4.53. The van der Waals surface area contributed by atoms with Crippen LogP contribution < -0.4 is 20.7 Å². The number of carbonyl (C=O) groups excluding carboxylic acids is 4. The monoisotopic (exact) mass is 498 g/mol. The average molecular weight is 499 g/mol. The Morgan fingerprint density at radius 1 is 1.11 bits per heavy atom. The molecule has 4 N–H and O–H groups in total. The van der Waals surface area contributed by atoms with Gasteiger partial charge in [0.2, 0.25) is 11.8 Å². The van der Waals surface area contributed by atoms with E-state index in [4.69, 9.17) is 9.47 Å². The van der Waals surface area contributed by atoms with E-state index in [1.54, 1.807) is 6.07 Å². The zero-order chi connectivity index (χ0) is 25.7. The number of H-pyrrole nitrogens is 1. The zero-order valence-corrected chi connectivity index (χ0v) is 20.7. The molecule has 3 amide bonds. The van der Waals surface area contributed by atoms with Gasteiger partial charge in [-0.15, -0.1) is 0 Å². The standard InChI is InChI=1S/C26H34N4O6/c1-3-11-36-22-6-4-5-18-17(22)14-20(28-18)25(33)29-19(12-15-7-8-15)24(32)30-21(26(34)35-2)13-16-9-10-27-23(16)31/h4-6,14-16,19,21,28H,3,7-13H2,1-2H3,(H,27,31)(H,29,33)(H,30,32)/t16-,19?,21?/m0/s1. The van der Waals surface area contributed by atoms with Crippen LogP contribution in [0.5, 0.6) is 5.75 Å². The molecule has 2 aliphatic rings. The van der Waals surface area contributed by atoms with Crippen LogP contribution in [-0.4, -0.2) is 61.0 Å². The maximum atomic E-state index is 13.2. The van der Waals surface area contributed by atoms with Gasteiger partial charge in [-0.3, -0.25) is 14.4 Å². The van der Waals surface area contributed by atoms with Gasteiger partial charge in [0.1, 0.15) is 23.5 Å². The highest BCUT2D eigenvalue weighted by molar-refractivity contribution is 6.01. The van der Waals surface area contributed by atoms with Crippen molar-refractivity contribution in [3.8, 4) is 5.75 Å². The van der Waals surface area contributed by atoms with Crippen molar-refractivity contribution in [1.29, 1.82) is 0 Å². The summed E-state index contributed by atoms with van der Waals surface area (Å²) in [6.07, 6.45) is 4.07. The van der Waals surface area contributed by atoms with Gasteiger partial charge in [0, 0.05) is 23.4 Å². The van der Waals surface area contributed by atoms with Gasteiger partial charge >= 0.3 is 5.97 Å². The van der Waals surface area contributed by atoms with Crippen LogP contribution in [0.4, 0.5) is 0 Å². The zero-order valence-electron chi connectivity index (χ0n) is 20.7. The van der Waals surface area contributed by atoms with Crippen molar-refractivity contribution in [2.45, 2.75) is 57.5 Å². The third-order valence-corrected chi connectivity index (χ3v) is 6.70. The predicted octanol–water partition coefficient (Wildman–Crippen LogP) is 2.04. The number of nitrogens with one attached hydrogen (secondary N) is 4. The van der Waals surface area contributed by atoms with E-state index in [0.717, 1.165) is 30.2 Å². The summed E-state index contributed by atoms with van der Waals surface area (Å²) in [6.45, 7) is 3.13. The maximum Gasteiger partial charge on any atom is 0.328 e. The van der Waals surface area contributed by atoms with E-state index in [1.165, 1.54) is 7.11 Å². The third kappa shape index (κ3) is 6.16. The fourth-order valence-corrected chi connectivity index (χ4v) is 4.53. The molecule has 36 heavy (non-hydrogen) atoms. The number of esters is 1. The molecule has 4 rings (SSSR count). The Morgan fingerprint density at radius 3 is 2.58 bits per heavy atom. The Morgan fingerprint density at radius 2 is 1.92 bits per heavy atom. The molecule has 1 aliphatic heterocycles. The molecule has 10 nitrogen and oxygen atoms in total. The molecule has 1 saturated heterocycles. The Kier molecular flexibility index (Phi) is 8.12. The number of fused-ring (bicyclic) bond motifs is 1. The van der Waals surface area contributed by atoms with Crippen molar-refractivity contribution in [2.75, 3.05) is 20.3 Å². The Balaban J connectivity index is 1.47. The molecule has 2 aromatic rings. The lowest BCUT2D eigenvalue weighted by Gasteiger charge is -2.23. The fraction of sp³-hybridized carbons (Fsp3) is 0.538. The molecule has 2 fully saturated rings. The molecule has 10 heteroatoms. The van der Waals surface area contributed by atoms with Gasteiger partial charge in [0.15, 0.2) is 0 Å². The van der Waals surface area contributed by atoms with Crippen LogP contribution in [0.15, 0.2) is 24.3 Å². The molecule has 2 unspecified atom stereocenters. The Hall–Kier alpha value is -3.56. The first-order valence-electron chi connectivity index (χ1n) is 12.6. The first-order valence-corrected chi connectivity index (χ1v) is 12.6. The van der Waals surface area contributed by atoms with Gasteiger partial charge < -0.3 is 30.4 Å². The van der Waals surface area contributed by atoms with Crippen molar-refractivity contribution >= 4 is 34.6 Å². The van der Waals surface area contributed by atoms with Crippen molar-refractivity contribution < 1.29 is 28.7 Å². The maximum absolute atomic E-state index is 13.2. The van der Waals surface area contributed by atoms with Crippen LogP contribution in [0.3, 0.4) is 0 Å². The molecule has 194 valence electrons. The molecular weight excluding hydrogens is 464 g/mol. The SMILES string of the molecule is CCCOc1cccc2[nH]c(C(=O)NC(CC3CC3)C(=O)NC(C[C@@H]3CCNC3=O)C(=O)OC)cc12. The van der Waals surface area contributed by atoms with Gasteiger partial charge in [-0.2, -0.15) is 0 Å². The highest BCUT2D eigenvalue weighted by Gasteiger charge is 2.36. The minimum atomic E-state index is -0.971. The average Bonchev–Trinajstić information content (AvgIpc) is 3.43. The Bertz CT molecular complexity index is 1120. The predicted molar refractivity (Wildman–Crippen MR) is 132 cm³/mol. The summed E-state index contributed by atoms with van der Waals surface area (Å²) in [7, 11) is 1.24. The lowest BCUT2D eigenvalue weighted by atomic mass is 9.97. The minimum Gasteiger partial charge on any atom is -0.493 e. The number of hydrogen-bond donors (Lipinski definition) is 4. The number of benzene rings is 1. The smallest absolute Gasteiger partial charge is 0.328 e. The number of aromatic nitrogens is 1. The number of methoxy groups -OCH3 is 1. The van der Waals surface area contributed by atoms with E-state index in [0.29, 0.717) is 43.4 Å². The largest absolute Gasteiger partial charge is 0.493 e. The summed E-state index contributed by atoms with van der Waals surface area (Å²) >= 11 is 0. The number of ether oxygens (including phenoxy) is 2. The van der Waals surface area contributed by atoms with Gasteiger partial charge in [-0.1, -0.05) is 25.8 Å². The highest BCUT2D eigenvalue weighted by Crippen LogP contribution is 2.34. The molecule has 1 aromatic carbocycles. The summed E-state index contributed by atoms with van der Waals surface area (Å²) in [5.74, 6) is -0.979. The van der Waals surface area contributed by atoms with Crippen LogP contribution in [-0.2, 0) is 19.1 Å². The lowest BCUT2D eigenvalue weighted by molar-refractivity contribution is -0.146. The van der Waals surface area contributed by atoms with E-state index in [1.807, 2.05) is 25.1 Å². The topological polar surface area (TPSA) is 139 Å². The molecular formula is C26H34N4O6. The first kappa shape index (κ1) is 25.5. The molecule has 1 aromatic heterocycles. The Labute approximate surface area is 209 Å². The van der Waals surface area contributed by atoms with E-state index in [2.05, 4.69) is 20.9 Å². The second-order valence-electron chi connectivity index (χ2n) is 9.55. The first-order chi connectivity index (χ1) is 17.4. The van der Waals surface area contributed by atoms with Gasteiger partial charge in [0.25, 0.3) is 5.91 Å². The number of rotatable bonds is 12. The van der Waals surface area contributed by atoms with Crippen LogP contribution in [0.1, 0.15) is 55.9 Å². The molecule has 1 aliphatic carbocycles. The van der Waals surface area contributed by atoms with Crippen LogP contribution in [0.25, 0.3) is 10.9 Å². The van der Waals surface area contributed by atoms with E-state index < -0.39 is 29.9 Å². The van der Waals surface area contributed by atoms with Crippen molar-refractivity contribution in [2.24, 2.45) is 11.8 Å². The molecule has 1 saturated carbocycles. The summed E-state index contributed by atoms with van der Waals surface area (Å²) < 4.78 is 10.7. The molecule has 0 bridgehead atoms. The van der Waals surface area contributed by atoms with Gasteiger partial charge in [-0.05, 0) is 49.8 Å². The number of aromatic amines is 1. The molecule has 0 radical (unpaired) electrons. The van der Waals surface area contributed by atoms with E-state index >= 15 is 0 Å². The van der Waals surface area contributed by atoms with E-state index in [-0.39, 0.29) is 18.2 Å². The van der Waals surface area contributed by atoms with Gasteiger partial charge in [-0.25, -0.2) is 4.79 Å². The summed E-state index contributed by atoms with van der Waals surface area (Å²) in [5, 5.41) is 9.10. The second-order valence-corrected chi connectivity index (χ2v) is 9.55. The van der Waals surface area contributed by atoms with Crippen molar-refractivity contribution in [3.63, 3.8) is 0 Å². The molecule has 2 heterocycles. The number of carbonyl (C=O) groups is 4. The summed E-state index contributed by atoms with van der Waals surface area (Å²) in [5.41, 5.74) is 1.08. The summed E-state index contributed by atoms with van der Waals surface area (Å²) in [4.78, 5) is 53.9. The summed E-state index contributed by atoms with van der Waals surface area (Å²) in [6, 6.07) is 5.50. The van der Waals surface area contributed by atoms with Crippen LogP contribution in [0, 0.1) is 11.8 Å². The molecule has 3 atom stereocenters. The van der Waals surface area contributed by atoms with E-state index in [9.17, 15) is 19.2 Å². The third-order valence-electron chi connectivity index (χ3n) is 6.70. The van der Waals surface area contributed by atoms with Gasteiger partial charge in [0.05, 0.1) is 13.7 Å². The number of amides is 3. The van der Waals surface area contributed by atoms with Crippen LogP contribution in [0.2, 0.25) is 0 Å². The van der Waals surface area contributed by atoms with Crippen LogP contribution >= 0.6 is 0 Å². The second kappa shape index (κ2) is 11.5. The lowest BCUT2D eigenvalue weighted by Crippen LogP contribution is -2.52. The quantitative estimate of drug-likeness (QED) is 0.330.